The maximum Gasteiger partial charge on any atom is 0.0816 e. The van der Waals surface area contributed by atoms with Crippen molar-refractivity contribution in [3.05, 3.63) is 0 Å². The normalized spacial score (nSPS) is 14.1. The van der Waals surface area contributed by atoms with E-state index in [0.29, 0.717) is 0 Å². The zero-order valence-electron chi connectivity index (χ0n) is 6.45. The summed E-state index contributed by atoms with van der Waals surface area (Å²) in [5, 5.41) is 16.1. The minimum absolute atomic E-state index is 0.130. The highest BCUT2D eigenvalue weighted by Gasteiger charge is 2.04. The van der Waals surface area contributed by atoms with Gasteiger partial charge in [0.25, 0.3) is 0 Å². The molecule has 1 atom stereocenters. The Kier molecular flexibility index (Phi) is 5.52. The Balaban J connectivity index is 3.16. The molecule has 0 aromatic heterocycles. The third-order valence-electron chi connectivity index (χ3n) is 1.24. The van der Waals surface area contributed by atoms with Crippen molar-refractivity contribution in [2.75, 3.05) is 0 Å². The number of rotatable bonds is 5. The van der Waals surface area contributed by atoms with Gasteiger partial charge in [-0.15, -0.1) is 0 Å². The molecule has 2 N–H and O–H groups in total. The van der Waals surface area contributed by atoms with Gasteiger partial charge in [-0.25, -0.2) is 4.84 Å². The molecular weight excluding hydrogens is 134 g/mol. The highest BCUT2D eigenvalue weighted by atomic mass is 17.1. The molecule has 0 saturated heterocycles. The molecule has 62 valence electrons. The molecule has 0 radical (unpaired) electrons. The van der Waals surface area contributed by atoms with Gasteiger partial charge in [0, 0.05) is 0 Å². The predicted octanol–water partition coefficient (Wildman–Crippen LogP) is 1.58. The molecule has 0 bridgehead atoms. The fourth-order valence-corrected chi connectivity index (χ4v) is 0.705. The number of hydrogen-bond acceptors (Lipinski definition) is 4. The van der Waals surface area contributed by atoms with E-state index in [4.69, 9.17) is 10.4 Å². The lowest BCUT2D eigenvalue weighted by atomic mass is 10.2. The summed E-state index contributed by atoms with van der Waals surface area (Å²) in [6.45, 7) is 3.86. The second-order valence-electron chi connectivity index (χ2n) is 2.31. The quantitative estimate of drug-likeness (QED) is 0.583. The summed E-state index contributed by atoms with van der Waals surface area (Å²) < 4.78 is 0. The lowest BCUT2D eigenvalue weighted by Gasteiger charge is -2.12. The summed E-state index contributed by atoms with van der Waals surface area (Å²) in [4.78, 5) is 4.50. The van der Waals surface area contributed by atoms with Gasteiger partial charge in [-0.1, -0.05) is 19.8 Å². The summed E-state index contributed by atoms with van der Waals surface area (Å²) >= 11 is 0. The van der Waals surface area contributed by atoms with Gasteiger partial charge in [0.05, 0.1) is 11.5 Å². The van der Waals surface area contributed by atoms with Gasteiger partial charge in [0.15, 0.2) is 0 Å². The van der Waals surface area contributed by atoms with Gasteiger partial charge in [0.1, 0.15) is 0 Å². The minimum atomic E-state index is -0.236. The highest BCUT2D eigenvalue weighted by Crippen LogP contribution is 2.03. The van der Waals surface area contributed by atoms with Crippen LogP contribution in [0.4, 0.5) is 0 Å². The Labute approximate surface area is 60.9 Å². The van der Waals surface area contributed by atoms with Crippen LogP contribution in [0.5, 0.6) is 0 Å². The van der Waals surface area contributed by atoms with Crippen LogP contribution in [0.3, 0.4) is 0 Å². The smallest absolute Gasteiger partial charge is 0.0816 e. The molecule has 0 aromatic rings. The van der Waals surface area contributed by atoms with Gasteiger partial charge in [-0.3, -0.25) is 10.4 Å². The first kappa shape index (κ1) is 9.84. The Morgan fingerprint density at radius 3 is 2.50 bits per heavy atom. The van der Waals surface area contributed by atoms with Crippen molar-refractivity contribution in [2.45, 2.75) is 39.2 Å². The van der Waals surface area contributed by atoms with Crippen LogP contribution in [0.25, 0.3) is 0 Å². The monoisotopic (exact) mass is 149 g/mol. The molecule has 0 aliphatic carbocycles. The predicted molar refractivity (Wildman–Crippen MR) is 35.5 cm³/mol. The summed E-state index contributed by atoms with van der Waals surface area (Å²) in [5.41, 5.74) is 0. The Morgan fingerprint density at radius 1 is 1.50 bits per heavy atom. The van der Waals surface area contributed by atoms with Crippen LogP contribution >= 0.6 is 0 Å². The maximum atomic E-state index is 8.19. The van der Waals surface area contributed by atoms with Crippen molar-refractivity contribution < 1.29 is 15.3 Å². The molecule has 0 unspecified atom stereocenters. The molecule has 10 heavy (non-hydrogen) atoms. The molecular formula is C6H15NO3. The molecule has 0 heterocycles. The number of unbranched alkanes of at least 4 members (excludes halogenated alkanes) is 1. The van der Waals surface area contributed by atoms with E-state index in [1.165, 1.54) is 0 Å². The lowest BCUT2D eigenvalue weighted by molar-refractivity contribution is -0.503. The van der Waals surface area contributed by atoms with Crippen molar-refractivity contribution in [3.63, 3.8) is 0 Å². The Bertz CT molecular complexity index is 77.4. The van der Waals surface area contributed by atoms with Crippen LogP contribution in [-0.4, -0.2) is 21.9 Å². The first-order chi connectivity index (χ1) is 4.66. The van der Waals surface area contributed by atoms with E-state index in [1.807, 2.05) is 0 Å². The molecule has 4 nitrogen and oxygen atoms in total. The number of hydrogen-bond donors (Lipinski definition) is 2. The first-order valence-electron chi connectivity index (χ1n) is 3.51. The van der Waals surface area contributed by atoms with Crippen LogP contribution in [0.2, 0.25) is 0 Å². The van der Waals surface area contributed by atoms with Gasteiger partial charge >= 0.3 is 0 Å². The lowest BCUT2D eigenvalue weighted by Crippen LogP contribution is -2.21. The van der Waals surface area contributed by atoms with Crippen molar-refractivity contribution in [2.24, 2.45) is 0 Å². The van der Waals surface area contributed by atoms with E-state index in [0.717, 1.165) is 19.3 Å². The van der Waals surface area contributed by atoms with Crippen molar-refractivity contribution in [3.8, 4) is 0 Å². The van der Waals surface area contributed by atoms with Crippen molar-refractivity contribution >= 4 is 0 Å². The Hall–Kier alpha value is -0.160. The van der Waals surface area contributed by atoms with Gasteiger partial charge in [0.2, 0.25) is 0 Å². The average molecular weight is 149 g/mol. The summed E-state index contributed by atoms with van der Waals surface area (Å²) in [7, 11) is 0. The fourth-order valence-electron chi connectivity index (χ4n) is 0.705. The second kappa shape index (κ2) is 5.61. The zero-order chi connectivity index (χ0) is 7.98. The maximum absolute atomic E-state index is 8.19. The molecule has 0 rings (SSSR count). The minimum Gasteiger partial charge on any atom is -0.266 e. The molecule has 0 aliphatic heterocycles. The molecule has 0 aromatic carbocycles. The third kappa shape index (κ3) is 5.97. The standard InChI is InChI=1S/C6H15NO3/c1-3-4-5-6(2)10-7(8)9/h6,8-9H,3-5H2,1-2H3/t6-/m1/s1. The first-order valence-corrected chi connectivity index (χ1v) is 3.51. The van der Waals surface area contributed by atoms with Crippen molar-refractivity contribution in [1.82, 2.24) is 5.39 Å². The van der Waals surface area contributed by atoms with E-state index in [1.54, 1.807) is 6.92 Å². The van der Waals surface area contributed by atoms with Gasteiger partial charge < -0.3 is 0 Å². The van der Waals surface area contributed by atoms with Gasteiger partial charge in [-0.2, -0.15) is 0 Å². The van der Waals surface area contributed by atoms with Crippen LogP contribution in [-0.2, 0) is 4.84 Å². The molecule has 0 saturated carbocycles. The topological polar surface area (TPSA) is 52.9 Å². The van der Waals surface area contributed by atoms with E-state index in [9.17, 15) is 0 Å². The van der Waals surface area contributed by atoms with Crippen LogP contribution < -0.4 is 0 Å². The molecule has 0 spiro atoms. The van der Waals surface area contributed by atoms with E-state index < -0.39 is 0 Å². The zero-order valence-corrected chi connectivity index (χ0v) is 6.45. The van der Waals surface area contributed by atoms with E-state index >= 15 is 0 Å². The molecule has 4 heteroatoms. The van der Waals surface area contributed by atoms with E-state index in [-0.39, 0.29) is 11.5 Å². The largest absolute Gasteiger partial charge is 0.266 e. The third-order valence-corrected chi connectivity index (χ3v) is 1.24. The summed E-state index contributed by atoms with van der Waals surface area (Å²) in [5.74, 6) is 0. The van der Waals surface area contributed by atoms with Gasteiger partial charge in [-0.05, 0) is 13.3 Å². The summed E-state index contributed by atoms with van der Waals surface area (Å²) in [6.07, 6.45) is 2.84. The Morgan fingerprint density at radius 2 is 2.10 bits per heavy atom. The van der Waals surface area contributed by atoms with E-state index in [2.05, 4.69) is 11.8 Å². The molecule has 0 fully saturated rings. The molecule has 0 amide bonds. The average Bonchev–Trinajstić information content (AvgIpc) is 1.82. The van der Waals surface area contributed by atoms with Crippen LogP contribution in [0.15, 0.2) is 0 Å². The molecule has 0 aliphatic rings. The number of nitrogens with zero attached hydrogens (tertiary/aromatic N) is 1. The SMILES string of the molecule is CCCC[C@@H](C)ON(O)O. The van der Waals surface area contributed by atoms with Crippen molar-refractivity contribution in [1.29, 1.82) is 0 Å². The fraction of sp³-hybridized carbons (Fsp3) is 1.00. The highest BCUT2D eigenvalue weighted by molar-refractivity contribution is 4.46. The van der Waals surface area contributed by atoms with Crippen LogP contribution in [0, 0.1) is 0 Å². The van der Waals surface area contributed by atoms with Crippen LogP contribution in [0.1, 0.15) is 33.1 Å². The summed E-state index contributed by atoms with van der Waals surface area (Å²) in [6, 6.07) is 0. The second-order valence-corrected chi connectivity index (χ2v) is 2.31.